The normalized spacial score (nSPS) is 18.0. The molecule has 0 saturated heterocycles. The largest absolute Gasteiger partial charge is 0.481 e. The Kier molecular flexibility index (Phi) is 8.67. The summed E-state index contributed by atoms with van der Waals surface area (Å²) in [5.74, 6) is -3.35. The minimum absolute atomic E-state index is 0.213. The van der Waals surface area contributed by atoms with Gasteiger partial charge in [-0.2, -0.15) is 0 Å². The fraction of sp³-hybridized carbons (Fsp3) is 0.444. The Bertz CT molecular complexity index is 1080. The first-order valence-electron chi connectivity index (χ1n) is 11.8. The van der Waals surface area contributed by atoms with Gasteiger partial charge in [-0.15, -0.1) is 11.3 Å². The van der Waals surface area contributed by atoms with Gasteiger partial charge in [-0.1, -0.05) is 48.8 Å². The number of anilines is 1. The van der Waals surface area contributed by atoms with Gasteiger partial charge in [-0.3, -0.25) is 9.59 Å². The number of allylic oxidation sites excluding steroid dienone is 2. The number of rotatable bonds is 9. The summed E-state index contributed by atoms with van der Waals surface area (Å²) in [7, 11) is 0. The summed E-state index contributed by atoms with van der Waals surface area (Å²) in [5.41, 5.74) is 5.18. The van der Waals surface area contributed by atoms with Crippen molar-refractivity contribution in [3.63, 3.8) is 0 Å². The van der Waals surface area contributed by atoms with Gasteiger partial charge in [0.25, 0.3) is 0 Å². The van der Waals surface area contributed by atoms with Crippen LogP contribution < -0.4 is 5.32 Å². The van der Waals surface area contributed by atoms with Gasteiger partial charge in [0, 0.05) is 10.9 Å². The number of hydrogen-bond acceptors (Lipinski definition) is 5. The van der Waals surface area contributed by atoms with Crippen LogP contribution in [0.4, 0.5) is 5.00 Å². The highest BCUT2D eigenvalue weighted by Crippen LogP contribution is 2.39. The van der Waals surface area contributed by atoms with Crippen molar-refractivity contribution in [3.8, 4) is 11.1 Å². The molecule has 0 saturated carbocycles. The second kappa shape index (κ2) is 11.5. The molecule has 1 aromatic heterocycles. The summed E-state index contributed by atoms with van der Waals surface area (Å²) in [6.45, 7) is 7.96. The molecule has 0 spiro atoms. The molecule has 3 rings (SSSR count). The molecule has 0 bridgehead atoms. The Morgan fingerprint density at radius 2 is 1.71 bits per heavy atom. The van der Waals surface area contributed by atoms with Crippen molar-refractivity contribution in [1.82, 2.24) is 0 Å². The smallest absolute Gasteiger partial charge is 0.341 e. The summed E-state index contributed by atoms with van der Waals surface area (Å²) in [4.78, 5) is 37.9. The highest BCUT2D eigenvalue weighted by atomic mass is 32.1. The molecule has 1 aromatic carbocycles. The Morgan fingerprint density at radius 1 is 1.06 bits per heavy atom. The van der Waals surface area contributed by atoms with E-state index in [4.69, 9.17) is 4.74 Å². The molecule has 0 radical (unpaired) electrons. The van der Waals surface area contributed by atoms with Crippen molar-refractivity contribution in [2.75, 3.05) is 11.9 Å². The van der Waals surface area contributed by atoms with Gasteiger partial charge in [0.15, 0.2) is 0 Å². The molecule has 7 heteroatoms. The van der Waals surface area contributed by atoms with Gasteiger partial charge in [0.1, 0.15) is 10.6 Å². The number of benzene rings is 1. The predicted octanol–water partition coefficient (Wildman–Crippen LogP) is 6.32. The van der Waals surface area contributed by atoms with Crippen LogP contribution in [-0.4, -0.2) is 29.6 Å². The molecule has 2 N–H and O–H groups in total. The Hall–Kier alpha value is -2.93. The molecule has 1 aliphatic carbocycles. The number of carbonyl (C=O) groups excluding carboxylic acids is 2. The van der Waals surface area contributed by atoms with Crippen LogP contribution in [0.25, 0.3) is 11.1 Å². The van der Waals surface area contributed by atoms with Crippen LogP contribution >= 0.6 is 11.3 Å². The molecule has 2 aromatic rings. The number of carboxylic acid groups (broad SMARTS) is 1. The number of ether oxygens (including phenoxy) is 1. The summed E-state index contributed by atoms with van der Waals surface area (Å²) in [6.07, 6.45) is 3.99. The fourth-order valence-electron chi connectivity index (χ4n) is 4.33. The van der Waals surface area contributed by atoms with E-state index in [0.29, 0.717) is 29.0 Å². The lowest BCUT2D eigenvalue weighted by atomic mass is 9.76. The minimum Gasteiger partial charge on any atom is -0.481 e. The van der Waals surface area contributed by atoms with E-state index in [1.807, 2.05) is 31.4 Å². The topological polar surface area (TPSA) is 92.7 Å². The molecular formula is C27H33NO5S. The van der Waals surface area contributed by atoms with Crippen LogP contribution in [-0.2, 0) is 20.7 Å². The summed E-state index contributed by atoms with van der Waals surface area (Å²) >= 11 is 1.25. The summed E-state index contributed by atoms with van der Waals surface area (Å²) < 4.78 is 5.30. The zero-order chi connectivity index (χ0) is 24.8. The van der Waals surface area contributed by atoms with Crippen LogP contribution in [0.2, 0.25) is 0 Å². The molecule has 6 nitrogen and oxygen atoms in total. The third-order valence-electron chi connectivity index (χ3n) is 6.51. The van der Waals surface area contributed by atoms with Gasteiger partial charge in [0.05, 0.1) is 18.4 Å². The van der Waals surface area contributed by atoms with Crippen LogP contribution in [0.5, 0.6) is 0 Å². The molecule has 1 aliphatic rings. The zero-order valence-corrected chi connectivity index (χ0v) is 21.1. The number of aliphatic carboxylic acids is 1. The van der Waals surface area contributed by atoms with Crippen molar-refractivity contribution in [1.29, 1.82) is 0 Å². The van der Waals surface area contributed by atoms with Gasteiger partial charge >= 0.3 is 11.9 Å². The van der Waals surface area contributed by atoms with Crippen LogP contribution in [0.1, 0.15) is 69.3 Å². The van der Waals surface area contributed by atoms with E-state index in [0.717, 1.165) is 36.0 Å². The number of unbranched alkanes of at least 4 members (excludes halogenated alkanes) is 1. The molecule has 0 fully saturated rings. The second-order valence-corrected chi connectivity index (χ2v) is 9.76. The first kappa shape index (κ1) is 25.7. The maximum Gasteiger partial charge on any atom is 0.341 e. The highest BCUT2D eigenvalue weighted by molar-refractivity contribution is 7.15. The van der Waals surface area contributed by atoms with E-state index in [2.05, 4.69) is 24.4 Å². The quantitative estimate of drug-likeness (QED) is 0.322. The van der Waals surface area contributed by atoms with Crippen molar-refractivity contribution >= 4 is 34.2 Å². The number of esters is 1. The van der Waals surface area contributed by atoms with Gasteiger partial charge in [0.2, 0.25) is 5.91 Å². The first-order chi connectivity index (χ1) is 16.3. The Morgan fingerprint density at radius 3 is 2.29 bits per heavy atom. The van der Waals surface area contributed by atoms with Crippen LogP contribution in [0, 0.1) is 11.8 Å². The molecule has 0 aliphatic heterocycles. The predicted molar refractivity (Wildman–Crippen MR) is 135 cm³/mol. The monoisotopic (exact) mass is 483 g/mol. The molecule has 1 heterocycles. The summed E-state index contributed by atoms with van der Waals surface area (Å²) in [5, 5.41) is 14.8. The van der Waals surface area contributed by atoms with E-state index >= 15 is 0 Å². The van der Waals surface area contributed by atoms with Gasteiger partial charge in [-0.05, 0) is 57.6 Å². The maximum absolute atomic E-state index is 13.2. The molecule has 34 heavy (non-hydrogen) atoms. The number of thiophene rings is 1. The highest BCUT2D eigenvalue weighted by Gasteiger charge is 2.38. The van der Waals surface area contributed by atoms with Gasteiger partial charge in [-0.25, -0.2) is 4.79 Å². The number of amides is 1. The lowest BCUT2D eigenvalue weighted by Crippen LogP contribution is -2.36. The van der Waals surface area contributed by atoms with Crippen LogP contribution in [0.3, 0.4) is 0 Å². The lowest BCUT2D eigenvalue weighted by Gasteiger charge is -2.29. The van der Waals surface area contributed by atoms with Crippen molar-refractivity contribution < 1.29 is 24.2 Å². The third-order valence-corrected chi connectivity index (χ3v) is 7.41. The summed E-state index contributed by atoms with van der Waals surface area (Å²) in [6, 6.07) is 8.10. The standard InChI is InChI=1S/C27H33NO5S/c1-5-7-8-18-9-11-19(12-10-18)22-15-34-25(23(22)27(32)33-6-2)28-24(29)20-13-16(3)17(4)14-21(20)26(30)31/h9-12,15,20-21H,5-8,13-14H2,1-4H3,(H,28,29)(H,30,31)/t20-,21+/m0/s1. The number of aryl methyl sites for hydroxylation is 1. The van der Waals surface area contributed by atoms with Crippen LogP contribution in [0.15, 0.2) is 40.8 Å². The lowest BCUT2D eigenvalue weighted by molar-refractivity contribution is -0.146. The second-order valence-electron chi connectivity index (χ2n) is 8.88. The molecule has 2 atom stereocenters. The van der Waals surface area contributed by atoms with E-state index < -0.39 is 23.8 Å². The molecule has 182 valence electrons. The van der Waals surface area contributed by atoms with E-state index in [1.54, 1.807) is 6.92 Å². The SMILES string of the molecule is CCCCc1ccc(-c2csc(NC(=O)[C@H]3CC(C)=C(C)C[C@H]3C(=O)O)c2C(=O)OCC)cc1. The van der Waals surface area contributed by atoms with E-state index in [9.17, 15) is 19.5 Å². The number of carbonyl (C=O) groups is 3. The first-order valence-corrected chi connectivity index (χ1v) is 12.7. The number of hydrogen-bond donors (Lipinski definition) is 2. The van der Waals surface area contributed by atoms with Crippen molar-refractivity contribution in [2.24, 2.45) is 11.8 Å². The minimum atomic E-state index is -0.979. The molecular weight excluding hydrogens is 450 g/mol. The van der Waals surface area contributed by atoms with Crippen molar-refractivity contribution in [3.05, 3.63) is 51.9 Å². The Balaban J connectivity index is 1.91. The fourth-order valence-corrected chi connectivity index (χ4v) is 5.29. The number of nitrogens with one attached hydrogen (secondary N) is 1. The van der Waals surface area contributed by atoms with Crippen molar-refractivity contribution in [2.45, 2.75) is 59.8 Å². The molecule has 0 unspecified atom stereocenters. The third kappa shape index (κ3) is 5.76. The van der Waals surface area contributed by atoms with Gasteiger partial charge < -0.3 is 15.2 Å². The number of carboxylic acids is 1. The average molecular weight is 484 g/mol. The molecule has 1 amide bonds. The van der Waals surface area contributed by atoms with E-state index in [-0.39, 0.29) is 12.5 Å². The van der Waals surface area contributed by atoms with E-state index in [1.165, 1.54) is 16.9 Å². The Labute approximate surface area is 205 Å². The zero-order valence-electron chi connectivity index (χ0n) is 20.3. The average Bonchev–Trinajstić information content (AvgIpc) is 3.23. The maximum atomic E-state index is 13.2.